The van der Waals surface area contributed by atoms with E-state index in [-0.39, 0.29) is 31.3 Å². The number of benzene rings is 1. The molecule has 8 nitrogen and oxygen atoms in total. The summed E-state index contributed by atoms with van der Waals surface area (Å²) < 4.78 is 1.33. The molecule has 0 saturated heterocycles. The number of rotatable bonds is 8. The average molecular weight is 361 g/mol. The number of hydrogen-bond acceptors (Lipinski definition) is 4. The zero-order chi connectivity index (χ0) is 19.3. The van der Waals surface area contributed by atoms with Gasteiger partial charge in [-0.05, 0) is 24.5 Å². The molecule has 2 aromatic rings. The van der Waals surface area contributed by atoms with E-state index in [2.05, 4.69) is 10.3 Å². The van der Waals surface area contributed by atoms with E-state index in [0.717, 1.165) is 0 Å². The molecule has 1 heterocycles. The van der Waals surface area contributed by atoms with Gasteiger partial charge in [-0.3, -0.25) is 23.9 Å². The smallest absolute Gasteiger partial charge is 0.328 e. The summed E-state index contributed by atoms with van der Waals surface area (Å²) in [5, 5.41) is 12.2. The highest BCUT2D eigenvalue weighted by Gasteiger charge is 2.19. The zero-order valence-electron chi connectivity index (χ0n) is 14.8. The van der Waals surface area contributed by atoms with Crippen LogP contribution in [0, 0.1) is 11.8 Å². The van der Waals surface area contributed by atoms with E-state index in [1.165, 1.54) is 4.57 Å². The molecule has 1 unspecified atom stereocenters. The van der Waals surface area contributed by atoms with Crippen LogP contribution in [0.25, 0.3) is 10.9 Å². The number of para-hydroxylation sites is 1. The molecular formula is C18H23N3O5. The van der Waals surface area contributed by atoms with Crippen LogP contribution in [0.4, 0.5) is 0 Å². The lowest BCUT2D eigenvalue weighted by molar-refractivity contribution is -0.142. The molecule has 0 saturated carbocycles. The fraction of sp³-hybridized carbons (Fsp3) is 0.444. The van der Waals surface area contributed by atoms with Gasteiger partial charge in [-0.15, -0.1) is 0 Å². The number of nitrogens with zero attached hydrogens (tertiary/aromatic N) is 1. The number of aromatic nitrogens is 2. The zero-order valence-corrected chi connectivity index (χ0v) is 14.8. The number of fused-ring (bicyclic) bond motifs is 1. The Morgan fingerprint density at radius 3 is 2.58 bits per heavy atom. The van der Waals surface area contributed by atoms with Crippen LogP contribution in [0.1, 0.15) is 26.7 Å². The minimum Gasteiger partial charge on any atom is -0.481 e. The van der Waals surface area contributed by atoms with Crippen molar-refractivity contribution >= 4 is 22.8 Å². The van der Waals surface area contributed by atoms with Crippen LogP contribution in [0.2, 0.25) is 0 Å². The molecule has 0 radical (unpaired) electrons. The van der Waals surface area contributed by atoms with Crippen molar-refractivity contribution in [3.8, 4) is 0 Å². The summed E-state index contributed by atoms with van der Waals surface area (Å²) in [5.41, 5.74) is -0.591. The van der Waals surface area contributed by atoms with Crippen LogP contribution in [0.5, 0.6) is 0 Å². The lowest BCUT2D eigenvalue weighted by atomic mass is 9.97. The highest BCUT2D eigenvalue weighted by molar-refractivity contribution is 5.79. The van der Waals surface area contributed by atoms with Crippen LogP contribution >= 0.6 is 0 Å². The third-order valence-corrected chi connectivity index (χ3v) is 4.12. The average Bonchev–Trinajstić information content (AvgIpc) is 2.57. The van der Waals surface area contributed by atoms with E-state index in [9.17, 15) is 24.3 Å². The Morgan fingerprint density at radius 1 is 1.23 bits per heavy atom. The van der Waals surface area contributed by atoms with Gasteiger partial charge in [0, 0.05) is 19.5 Å². The second kappa shape index (κ2) is 8.46. The monoisotopic (exact) mass is 361 g/mol. The molecular weight excluding hydrogens is 338 g/mol. The van der Waals surface area contributed by atoms with Gasteiger partial charge in [0.05, 0.1) is 16.8 Å². The number of carbonyl (C=O) groups is 2. The maximum atomic E-state index is 12.1. The maximum Gasteiger partial charge on any atom is 0.328 e. The van der Waals surface area contributed by atoms with Gasteiger partial charge in [-0.1, -0.05) is 26.0 Å². The normalized spacial score (nSPS) is 12.3. The molecule has 3 N–H and O–H groups in total. The first-order valence-electron chi connectivity index (χ1n) is 8.51. The summed E-state index contributed by atoms with van der Waals surface area (Å²) in [5.74, 6) is -1.72. The number of H-pyrrole nitrogens is 1. The molecule has 0 aliphatic rings. The number of carboxylic acid groups (broad SMARTS) is 1. The lowest BCUT2D eigenvalue weighted by Crippen LogP contribution is -2.35. The molecule has 26 heavy (non-hydrogen) atoms. The number of hydrogen-bond donors (Lipinski definition) is 3. The van der Waals surface area contributed by atoms with E-state index in [1.807, 2.05) is 13.8 Å². The summed E-state index contributed by atoms with van der Waals surface area (Å²) in [4.78, 5) is 49.4. The third kappa shape index (κ3) is 4.81. The second-order valence-electron chi connectivity index (χ2n) is 6.65. The van der Waals surface area contributed by atoms with E-state index in [0.29, 0.717) is 17.3 Å². The van der Waals surface area contributed by atoms with Crippen molar-refractivity contribution in [1.29, 1.82) is 0 Å². The van der Waals surface area contributed by atoms with Crippen molar-refractivity contribution in [1.82, 2.24) is 14.9 Å². The quantitative estimate of drug-likeness (QED) is 0.646. The third-order valence-electron chi connectivity index (χ3n) is 4.12. The van der Waals surface area contributed by atoms with Crippen molar-refractivity contribution in [2.45, 2.75) is 33.2 Å². The summed E-state index contributed by atoms with van der Waals surface area (Å²) >= 11 is 0. The van der Waals surface area contributed by atoms with Gasteiger partial charge < -0.3 is 10.4 Å². The van der Waals surface area contributed by atoms with Crippen molar-refractivity contribution in [2.24, 2.45) is 11.8 Å². The van der Waals surface area contributed by atoms with Crippen molar-refractivity contribution in [2.75, 3.05) is 6.54 Å². The van der Waals surface area contributed by atoms with E-state index >= 15 is 0 Å². The number of nitrogens with one attached hydrogen (secondary N) is 2. The molecule has 0 aliphatic heterocycles. The van der Waals surface area contributed by atoms with Crippen LogP contribution in [-0.2, 0) is 16.1 Å². The van der Waals surface area contributed by atoms with Crippen LogP contribution in [-0.4, -0.2) is 33.1 Å². The molecule has 0 spiro atoms. The largest absolute Gasteiger partial charge is 0.481 e. The Morgan fingerprint density at radius 2 is 1.92 bits per heavy atom. The van der Waals surface area contributed by atoms with Crippen molar-refractivity contribution in [3.05, 3.63) is 45.1 Å². The molecule has 0 fully saturated rings. The predicted molar refractivity (Wildman–Crippen MR) is 97.0 cm³/mol. The molecule has 1 amide bonds. The Labute approximate surface area is 149 Å². The van der Waals surface area contributed by atoms with Gasteiger partial charge in [-0.25, -0.2) is 4.79 Å². The number of carbonyl (C=O) groups excluding carboxylic acids is 1. The number of carboxylic acids is 1. The van der Waals surface area contributed by atoms with Crippen LogP contribution in [0.3, 0.4) is 0 Å². The van der Waals surface area contributed by atoms with Gasteiger partial charge in [0.1, 0.15) is 0 Å². The minimum atomic E-state index is -0.943. The Kier molecular flexibility index (Phi) is 6.32. The highest BCUT2D eigenvalue weighted by atomic mass is 16.4. The number of aromatic amines is 1. The summed E-state index contributed by atoms with van der Waals surface area (Å²) in [6.07, 6.45) is 0.476. The molecule has 1 atom stereocenters. The van der Waals surface area contributed by atoms with Gasteiger partial charge >= 0.3 is 11.7 Å². The Hall–Kier alpha value is -2.90. The SMILES string of the molecule is CC(C)CC(CNC(=O)CCn1c(=O)[nH]c(=O)c2ccccc21)C(=O)O. The number of amides is 1. The predicted octanol–water partition coefficient (Wildman–Crippen LogP) is 0.943. The van der Waals surface area contributed by atoms with Crippen LogP contribution in [0.15, 0.2) is 33.9 Å². The van der Waals surface area contributed by atoms with Crippen molar-refractivity contribution in [3.63, 3.8) is 0 Å². The molecule has 1 aromatic carbocycles. The maximum absolute atomic E-state index is 12.1. The summed E-state index contributed by atoms with van der Waals surface area (Å²) in [6, 6.07) is 6.65. The van der Waals surface area contributed by atoms with Gasteiger partial charge in [0.25, 0.3) is 5.56 Å². The molecule has 140 valence electrons. The minimum absolute atomic E-state index is 0.00393. The van der Waals surface area contributed by atoms with E-state index in [4.69, 9.17) is 0 Å². The topological polar surface area (TPSA) is 121 Å². The number of aryl methyl sites for hydroxylation is 1. The molecule has 0 bridgehead atoms. The Balaban J connectivity index is 2.04. The van der Waals surface area contributed by atoms with Crippen molar-refractivity contribution < 1.29 is 14.7 Å². The van der Waals surface area contributed by atoms with Gasteiger partial charge in [-0.2, -0.15) is 0 Å². The van der Waals surface area contributed by atoms with Crippen LogP contribution < -0.4 is 16.6 Å². The van der Waals surface area contributed by atoms with Gasteiger partial charge in [0.15, 0.2) is 0 Å². The highest BCUT2D eigenvalue weighted by Crippen LogP contribution is 2.11. The number of aliphatic carboxylic acids is 1. The molecule has 1 aromatic heterocycles. The fourth-order valence-corrected chi connectivity index (χ4v) is 2.84. The molecule has 2 rings (SSSR count). The van der Waals surface area contributed by atoms with E-state index < -0.39 is 23.1 Å². The standard InChI is InChI=1S/C18H23N3O5/c1-11(2)9-12(17(24)25)10-19-15(22)7-8-21-14-6-4-3-5-13(14)16(23)20-18(21)26/h3-6,11-12H,7-10H2,1-2H3,(H,19,22)(H,24,25)(H,20,23,26). The van der Waals surface area contributed by atoms with Gasteiger partial charge in [0.2, 0.25) is 5.91 Å². The lowest BCUT2D eigenvalue weighted by Gasteiger charge is -2.15. The fourth-order valence-electron chi connectivity index (χ4n) is 2.84. The molecule has 0 aliphatic carbocycles. The summed E-state index contributed by atoms with van der Waals surface area (Å²) in [6.45, 7) is 3.98. The first-order chi connectivity index (χ1) is 12.3. The summed E-state index contributed by atoms with van der Waals surface area (Å²) in [7, 11) is 0. The Bertz CT molecular complexity index is 913. The first kappa shape index (κ1) is 19.4. The van der Waals surface area contributed by atoms with E-state index in [1.54, 1.807) is 24.3 Å². The molecule has 8 heteroatoms. The second-order valence-corrected chi connectivity index (χ2v) is 6.65. The first-order valence-corrected chi connectivity index (χ1v) is 8.51.